The lowest BCUT2D eigenvalue weighted by atomic mass is 10.1. The molecule has 0 aliphatic rings. The highest BCUT2D eigenvalue weighted by atomic mass is 16.4. The molecule has 0 bridgehead atoms. The van der Waals surface area contributed by atoms with E-state index in [1.807, 2.05) is 13.8 Å². The summed E-state index contributed by atoms with van der Waals surface area (Å²) < 4.78 is 0. The molecule has 0 radical (unpaired) electrons. The molecule has 1 rings (SSSR count). The molecule has 96 valence electrons. The molecule has 4 heteroatoms. The van der Waals surface area contributed by atoms with E-state index in [1.165, 1.54) is 6.08 Å². The van der Waals surface area contributed by atoms with E-state index in [-0.39, 0.29) is 5.91 Å². The maximum atomic E-state index is 11.6. The van der Waals surface area contributed by atoms with Crippen LogP contribution in [0.15, 0.2) is 30.3 Å². The van der Waals surface area contributed by atoms with Crippen LogP contribution in [0, 0.1) is 5.92 Å². The van der Waals surface area contributed by atoms with Gasteiger partial charge in [0.05, 0.1) is 0 Å². The molecule has 0 saturated carbocycles. The second-order valence-corrected chi connectivity index (χ2v) is 4.44. The van der Waals surface area contributed by atoms with Gasteiger partial charge in [0.2, 0.25) is 5.91 Å². The van der Waals surface area contributed by atoms with Gasteiger partial charge in [-0.1, -0.05) is 26.0 Å². The van der Waals surface area contributed by atoms with Gasteiger partial charge in [-0.2, -0.15) is 0 Å². The number of amides is 1. The summed E-state index contributed by atoms with van der Waals surface area (Å²) >= 11 is 0. The van der Waals surface area contributed by atoms with E-state index in [0.29, 0.717) is 18.0 Å². The molecule has 1 aromatic rings. The van der Waals surface area contributed by atoms with Gasteiger partial charge in [-0.25, -0.2) is 4.79 Å². The summed E-state index contributed by atoms with van der Waals surface area (Å²) in [5, 5.41) is 11.3. The zero-order valence-corrected chi connectivity index (χ0v) is 10.5. The van der Waals surface area contributed by atoms with Crippen molar-refractivity contribution in [2.45, 2.75) is 20.3 Å². The number of carboxylic acids is 1. The van der Waals surface area contributed by atoms with Crippen molar-refractivity contribution in [3.63, 3.8) is 0 Å². The maximum Gasteiger partial charge on any atom is 0.328 e. The number of hydrogen-bond donors (Lipinski definition) is 2. The fourth-order valence-corrected chi connectivity index (χ4v) is 1.47. The molecule has 0 aliphatic carbocycles. The first-order valence-electron chi connectivity index (χ1n) is 5.78. The second-order valence-electron chi connectivity index (χ2n) is 4.44. The number of benzene rings is 1. The normalized spacial score (nSPS) is 10.8. The minimum Gasteiger partial charge on any atom is -0.478 e. The predicted molar refractivity (Wildman–Crippen MR) is 71.2 cm³/mol. The van der Waals surface area contributed by atoms with Crippen molar-refractivity contribution in [2.24, 2.45) is 5.92 Å². The summed E-state index contributed by atoms with van der Waals surface area (Å²) in [5.74, 6) is -0.728. The predicted octanol–water partition coefficient (Wildman–Crippen LogP) is 2.77. The van der Waals surface area contributed by atoms with Gasteiger partial charge in [0.1, 0.15) is 0 Å². The summed E-state index contributed by atoms with van der Waals surface area (Å²) in [4.78, 5) is 22.0. The number of nitrogens with one attached hydrogen (secondary N) is 1. The lowest BCUT2D eigenvalue weighted by molar-refractivity contribution is -0.131. The Morgan fingerprint density at radius 3 is 2.72 bits per heavy atom. The Kier molecular flexibility index (Phi) is 5.11. The van der Waals surface area contributed by atoms with Crippen LogP contribution in [0.25, 0.3) is 6.08 Å². The average molecular weight is 247 g/mol. The van der Waals surface area contributed by atoms with E-state index in [4.69, 9.17) is 5.11 Å². The Bertz CT molecular complexity index is 464. The van der Waals surface area contributed by atoms with Gasteiger partial charge in [0.15, 0.2) is 0 Å². The van der Waals surface area contributed by atoms with Crippen LogP contribution in [-0.4, -0.2) is 17.0 Å². The first-order chi connectivity index (χ1) is 8.47. The molecule has 1 aromatic carbocycles. The molecule has 0 saturated heterocycles. The fraction of sp³-hybridized carbons (Fsp3) is 0.286. The summed E-state index contributed by atoms with van der Waals surface area (Å²) in [7, 11) is 0. The number of rotatable bonds is 5. The van der Waals surface area contributed by atoms with Crippen molar-refractivity contribution in [2.75, 3.05) is 5.32 Å². The van der Waals surface area contributed by atoms with E-state index in [0.717, 1.165) is 11.6 Å². The van der Waals surface area contributed by atoms with Crippen LogP contribution < -0.4 is 5.32 Å². The summed E-state index contributed by atoms with van der Waals surface area (Å²) in [6.45, 7) is 3.96. The van der Waals surface area contributed by atoms with Crippen LogP contribution in [-0.2, 0) is 9.59 Å². The highest BCUT2D eigenvalue weighted by Crippen LogP contribution is 2.13. The van der Waals surface area contributed by atoms with Crippen molar-refractivity contribution in [3.8, 4) is 0 Å². The molecule has 0 heterocycles. The van der Waals surface area contributed by atoms with E-state index < -0.39 is 5.97 Å². The molecule has 0 fully saturated rings. The number of anilines is 1. The molecule has 1 amide bonds. The third-order valence-corrected chi connectivity index (χ3v) is 2.18. The number of carbonyl (C=O) groups is 2. The van der Waals surface area contributed by atoms with Gasteiger partial charge in [0, 0.05) is 18.2 Å². The van der Waals surface area contributed by atoms with E-state index in [1.54, 1.807) is 24.3 Å². The van der Waals surface area contributed by atoms with Gasteiger partial charge >= 0.3 is 5.97 Å². The Hall–Kier alpha value is -2.10. The molecule has 0 aromatic heterocycles. The number of hydrogen-bond acceptors (Lipinski definition) is 2. The van der Waals surface area contributed by atoms with Crippen LogP contribution in [0.2, 0.25) is 0 Å². The standard InChI is InChI=1S/C14H17NO3/c1-10(2)8-13(16)15-12-5-3-4-11(9-12)6-7-14(17)18/h3-7,9-10H,8H2,1-2H3,(H,15,16)(H,17,18)/b7-6+. The maximum absolute atomic E-state index is 11.6. The largest absolute Gasteiger partial charge is 0.478 e. The van der Waals surface area contributed by atoms with Crippen LogP contribution in [0.5, 0.6) is 0 Å². The van der Waals surface area contributed by atoms with Crippen LogP contribution in [0.3, 0.4) is 0 Å². The molecular weight excluding hydrogens is 230 g/mol. The molecule has 2 N–H and O–H groups in total. The van der Waals surface area contributed by atoms with E-state index >= 15 is 0 Å². The smallest absolute Gasteiger partial charge is 0.328 e. The molecule has 0 unspecified atom stereocenters. The Morgan fingerprint density at radius 1 is 1.39 bits per heavy atom. The highest BCUT2D eigenvalue weighted by Gasteiger charge is 2.05. The quantitative estimate of drug-likeness (QED) is 0.786. The topological polar surface area (TPSA) is 66.4 Å². The van der Waals surface area contributed by atoms with Crippen LogP contribution in [0.4, 0.5) is 5.69 Å². The molecule has 18 heavy (non-hydrogen) atoms. The minimum atomic E-state index is -0.996. The molecule has 0 atom stereocenters. The summed E-state index contributed by atoms with van der Waals surface area (Å²) in [6.07, 6.45) is 3.02. The van der Waals surface area contributed by atoms with Crippen molar-refractivity contribution in [1.29, 1.82) is 0 Å². The minimum absolute atomic E-state index is 0.0376. The monoisotopic (exact) mass is 247 g/mol. The third-order valence-electron chi connectivity index (χ3n) is 2.18. The zero-order chi connectivity index (χ0) is 13.5. The Labute approximate surface area is 106 Å². The van der Waals surface area contributed by atoms with Crippen LogP contribution in [0.1, 0.15) is 25.8 Å². The fourth-order valence-electron chi connectivity index (χ4n) is 1.47. The number of carboxylic acid groups (broad SMARTS) is 1. The first-order valence-corrected chi connectivity index (χ1v) is 5.78. The second kappa shape index (κ2) is 6.59. The molecule has 4 nitrogen and oxygen atoms in total. The average Bonchev–Trinajstić information content (AvgIpc) is 2.25. The van der Waals surface area contributed by atoms with Crippen LogP contribution >= 0.6 is 0 Å². The molecular formula is C14H17NO3. The van der Waals surface area contributed by atoms with Crippen molar-refractivity contribution in [1.82, 2.24) is 0 Å². The SMILES string of the molecule is CC(C)CC(=O)Nc1cccc(/C=C/C(=O)O)c1. The van der Waals surface area contributed by atoms with Gasteiger partial charge in [-0.05, 0) is 29.7 Å². The van der Waals surface area contributed by atoms with Gasteiger partial charge in [-0.15, -0.1) is 0 Å². The lowest BCUT2D eigenvalue weighted by Crippen LogP contribution is -2.13. The number of aliphatic carboxylic acids is 1. The molecule has 0 spiro atoms. The molecule has 0 aliphatic heterocycles. The summed E-state index contributed by atoms with van der Waals surface area (Å²) in [6, 6.07) is 7.05. The van der Waals surface area contributed by atoms with Crippen molar-refractivity contribution >= 4 is 23.6 Å². The number of carbonyl (C=O) groups excluding carboxylic acids is 1. The highest BCUT2D eigenvalue weighted by molar-refractivity contribution is 5.91. The zero-order valence-electron chi connectivity index (χ0n) is 10.5. The van der Waals surface area contributed by atoms with E-state index in [2.05, 4.69) is 5.32 Å². The van der Waals surface area contributed by atoms with Crippen molar-refractivity contribution in [3.05, 3.63) is 35.9 Å². The Morgan fingerprint density at radius 2 is 2.11 bits per heavy atom. The van der Waals surface area contributed by atoms with Gasteiger partial charge < -0.3 is 10.4 Å². The van der Waals surface area contributed by atoms with Crippen molar-refractivity contribution < 1.29 is 14.7 Å². The third kappa shape index (κ3) is 5.30. The lowest BCUT2D eigenvalue weighted by Gasteiger charge is -2.07. The van der Waals surface area contributed by atoms with E-state index in [9.17, 15) is 9.59 Å². The van der Waals surface area contributed by atoms with Gasteiger partial charge in [0.25, 0.3) is 0 Å². The summed E-state index contributed by atoms with van der Waals surface area (Å²) in [5.41, 5.74) is 1.41. The first kappa shape index (κ1) is 14.0. The Balaban J connectivity index is 2.70. The van der Waals surface area contributed by atoms with Gasteiger partial charge in [-0.3, -0.25) is 4.79 Å².